The smallest absolute Gasteiger partial charge is 0.359 e. The molecule has 21 heavy (non-hydrogen) atoms. The summed E-state index contributed by atoms with van der Waals surface area (Å²) in [5.74, 6) is -2.52. The highest BCUT2D eigenvalue weighted by molar-refractivity contribution is 9.10. The van der Waals surface area contributed by atoms with Gasteiger partial charge in [-0.05, 0) is 18.2 Å². The second-order valence-corrected chi connectivity index (χ2v) is 5.06. The van der Waals surface area contributed by atoms with Crippen molar-refractivity contribution >= 4 is 44.3 Å². The number of aromatic nitrogens is 1. The number of hydrogen-bond acceptors (Lipinski definition) is 2. The summed E-state index contributed by atoms with van der Waals surface area (Å²) in [4.78, 5) is 25.7. The highest BCUT2D eigenvalue weighted by Crippen LogP contribution is 2.26. The molecule has 1 aromatic carbocycles. The minimum atomic E-state index is -4.57. The van der Waals surface area contributed by atoms with E-state index in [2.05, 4.69) is 26.2 Å². The summed E-state index contributed by atoms with van der Waals surface area (Å²) in [5, 5.41) is 4.38. The number of carbonyl (C=O) groups excluding carboxylic acids is 2. The average Bonchev–Trinajstić information content (AvgIpc) is 2.77. The van der Waals surface area contributed by atoms with Gasteiger partial charge >= 0.3 is 18.0 Å². The molecule has 9 heteroatoms. The van der Waals surface area contributed by atoms with Crippen LogP contribution in [0.25, 0.3) is 10.9 Å². The second kappa shape index (κ2) is 5.76. The van der Waals surface area contributed by atoms with E-state index in [1.807, 2.05) is 0 Å². The Morgan fingerprint density at radius 2 is 1.95 bits per heavy atom. The van der Waals surface area contributed by atoms with Gasteiger partial charge in [0.1, 0.15) is 6.54 Å². The first-order valence-corrected chi connectivity index (χ1v) is 6.48. The van der Waals surface area contributed by atoms with Gasteiger partial charge in [0.25, 0.3) is 0 Å². The first-order chi connectivity index (χ1) is 9.76. The predicted molar refractivity (Wildman–Crippen MR) is 73.7 cm³/mol. The zero-order valence-electron chi connectivity index (χ0n) is 10.3. The van der Waals surface area contributed by atoms with Crippen LogP contribution in [0.1, 0.15) is 0 Å². The van der Waals surface area contributed by atoms with Crippen molar-refractivity contribution < 1.29 is 22.8 Å². The average molecular weight is 364 g/mol. The molecule has 1 aromatic heterocycles. The molecular weight excluding hydrogens is 355 g/mol. The van der Waals surface area contributed by atoms with Crippen molar-refractivity contribution in [2.24, 2.45) is 0 Å². The lowest BCUT2D eigenvalue weighted by molar-refractivity contribution is -0.144. The number of rotatable bonds is 2. The maximum absolute atomic E-state index is 12.0. The SMILES string of the molecule is O=C(NCC(F)(F)F)C(=O)Nc1c[nH]c2ccc(Br)cc12. The van der Waals surface area contributed by atoms with E-state index < -0.39 is 24.5 Å². The number of benzene rings is 1. The van der Waals surface area contributed by atoms with E-state index in [-0.39, 0.29) is 0 Å². The van der Waals surface area contributed by atoms with Gasteiger partial charge in [0, 0.05) is 21.6 Å². The predicted octanol–water partition coefficient (Wildman–Crippen LogP) is 2.55. The summed E-state index contributed by atoms with van der Waals surface area (Å²) in [5.41, 5.74) is 1.02. The molecule has 2 amide bonds. The minimum absolute atomic E-state index is 0.304. The zero-order valence-corrected chi connectivity index (χ0v) is 11.9. The molecule has 5 nitrogen and oxygen atoms in total. The molecule has 0 aliphatic heterocycles. The fourth-order valence-corrected chi connectivity index (χ4v) is 2.00. The summed E-state index contributed by atoms with van der Waals surface area (Å²) in [6.45, 7) is -1.56. The number of nitrogens with one attached hydrogen (secondary N) is 3. The van der Waals surface area contributed by atoms with Gasteiger partial charge in [-0.1, -0.05) is 15.9 Å². The Bertz CT molecular complexity index is 697. The van der Waals surface area contributed by atoms with Crippen molar-refractivity contribution in [3.63, 3.8) is 0 Å². The van der Waals surface area contributed by atoms with Crippen molar-refractivity contribution in [2.45, 2.75) is 6.18 Å². The van der Waals surface area contributed by atoms with Crippen LogP contribution in [0.4, 0.5) is 18.9 Å². The van der Waals surface area contributed by atoms with Gasteiger partial charge in [-0.3, -0.25) is 9.59 Å². The van der Waals surface area contributed by atoms with Crippen LogP contribution in [0.5, 0.6) is 0 Å². The van der Waals surface area contributed by atoms with E-state index in [0.717, 1.165) is 4.47 Å². The molecule has 3 N–H and O–H groups in total. The molecule has 2 rings (SSSR count). The van der Waals surface area contributed by atoms with E-state index in [0.29, 0.717) is 16.6 Å². The number of halogens is 4. The fraction of sp³-hybridized carbons (Fsp3) is 0.167. The largest absolute Gasteiger partial charge is 0.405 e. The summed E-state index contributed by atoms with van der Waals surface area (Å²) in [7, 11) is 0. The van der Waals surface area contributed by atoms with Gasteiger partial charge in [-0.2, -0.15) is 13.2 Å². The number of anilines is 1. The second-order valence-electron chi connectivity index (χ2n) is 4.14. The summed E-state index contributed by atoms with van der Waals surface area (Å²) >= 11 is 3.26. The van der Waals surface area contributed by atoms with Gasteiger partial charge in [0.05, 0.1) is 5.69 Å². The standard InChI is InChI=1S/C12H9BrF3N3O2/c13-6-1-2-8-7(3-6)9(4-17-8)19-11(21)10(20)18-5-12(14,15)16/h1-4,17H,5H2,(H,18,20)(H,19,21). The lowest BCUT2D eigenvalue weighted by Gasteiger charge is -2.08. The van der Waals surface area contributed by atoms with E-state index in [4.69, 9.17) is 0 Å². The molecule has 0 bridgehead atoms. The third-order valence-corrected chi connectivity index (χ3v) is 3.04. The Hall–Kier alpha value is -2.03. The first kappa shape index (κ1) is 15.4. The van der Waals surface area contributed by atoms with Crippen LogP contribution in [0.3, 0.4) is 0 Å². The van der Waals surface area contributed by atoms with Crippen molar-refractivity contribution in [1.29, 1.82) is 0 Å². The Morgan fingerprint density at radius 3 is 2.62 bits per heavy atom. The topological polar surface area (TPSA) is 74.0 Å². The van der Waals surface area contributed by atoms with E-state index in [1.54, 1.807) is 18.2 Å². The molecule has 0 aliphatic carbocycles. The summed E-state index contributed by atoms with van der Waals surface area (Å²) < 4.78 is 36.6. The van der Waals surface area contributed by atoms with Crippen LogP contribution < -0.4 is 10.6 Å². The van der Waals surface area contributed by atoms with Gasteiger partial charge < -0.3 is 15.6 Å². The molecule has 0 unspecified atom stereocenters. The molecule has 0 saturated carbocycles. The number of amides is 2. The number of alkyl halides is 3. The Morgan fingerprint density at radius 1 is 1.24 bits per heavy atom. The van der Waals surface area contributed by atoms with E-state index in [1.165, 1.54) is 11.5 Å². The number of carbonyl (C=O) groups is 2. The fourth-order valence-electron chi connectivity index (χ4n) is 1.64. The van der Waals surface area contributed by atoms with Crippen LogP contribution in [0, 0.1) is 0 Å². The molecule has 0 aliphatic rings. The van der Waals surface area contributed by atoms with Gasteiger partial charge in [0.2, 0.25) is 0 Å². The maximum Gasteiger partial charge on any atom is 0.405 e. The summed E-state index contributed by atoms with van der Waals surface area (Å²) in [6.07, 6.45) is -3.12. The normalized spacial score (nSPS) is 11.4. The molecule has 0 spiro atoms. The Balaban J connectivity index is 2.07. The minimum Gasteiger partial charge on any atom is -0.359 e. The number of H-pyrrole nitrogens is 1. The van der Waals surface area contributed by atoms with Crippen molar-refractivity contribution in [1.82, 2.24) is 10.3 Å². The lowest BCUT2D eigenvalue weighted by atomic mass is 10.2. The molecule has 1 heterocycles. The molecule has 112 valence electrons. The van der Waals surface area contributed by atoms with Crippen molar-refractivity contribution in [2.75, 3.05) is 11.9 Å². The van der Waals surface area contributed by atoms with Crippen LogP contribution in [-0.2, 0) is 9.59 Å². The zero-order chi connectivity index (χ0) is 15.6. The van der Waals surface area contributed by atoms with E-state index >= 15 is 0 Å². The van der Waals surface area contributed by atoms with Crippen molar-refractivity contribution in [3.05, 3.63) is 28.9 Å². The van der Waals surface area contributed by atoms with Crippen LogP contribution in [0.2, 0.25) is 0 Å². The van der Waals surface area contributed by atoms with E-state index in [9.17, 15) is 22.8 Å². The molecule has 0 atom stereocenters. The van der Waals surface area contributed by atoms with Gasteiger partial charge in [-0.25, -0.2) is 0 Å². The molecule has 0 radical (unpaired) electrons. The Kier molecular flexibility index (Phi) is 4.21. The van der Waals surface area contributed by atoms with Crippen LogP contribution >= 0.6 is 15.9 Å². The first-order valence-electron chi connectivity index (χ1n) is 5.69. The third-order valence-electron chi connectivity index (χ3n) is 2.55. The Labute approximate surface area is 125 Å². The third kappa shape index (κ3) is 3.97. The van der Waals surface area contributed by atoms with Crippen LogP contribution in [-0.4, -0.2) is 29.5 Å². The lowest BCUT2D eigenvalue weighted by Crippen LogP contribution is -2.40. The number of fused-ring (bicyclic) bond motifs is 1. The molecule has 2 aromatic rings. The van der Waals surface area contributed by atoms with Gasteiger partial charge in [-0.15, -0.1) is 0 Å². The highest BCUT2D eigenvalue weighted by Gasteiger charge is 2.29. The van der Waals surface area contributed by atoms with Crippen molar-refractivity contribution in [3.8, 4) is 0 Å². The number of hydrogen-bond donors (Lipinski definition) is 3. The van der Waals surface area contributed by atoms with Crippen LogP contribution in [0.15, 0.2) is 28.9 Å². The quantitative estimate of drug-likeness (QED) is 0.717. The molecular formula is C12H9BrF3N3O2. The molecule has 0 saturated heterocycles. The highest BCUT2D eigenvalue weighted by atomic mass is 79.9. The number of aromatic amines is 1. The monoisotopic (exact) mass is 363 g/mol. The molecule has 0 fully saturated rings. The maximum atomic E-state index is 12.0. The van der Waals surface area contributed by atoms with Gasteiger partial charge in [0.15, 0.2) is 0 Å². The summed E-state index contributed by atoms with van der Waals surface area (Å²) in [6, 6.07) is 5.23.